The highest BCUT2D eigenvalue weighted by atomic mass is 35.5. The maximum Gasteiger partial charge on any atom is 0.408 e. The first-order valence-electron chi connectivity index (χ1n) is 13.1. The van der Waals surface area contributed by atoms with Gasteiger partial charge in [-0.05, 0) is 77.5 Å². The molecule has 0 bridgehead atoms. The van der Waals surface area contributed by atoms with Gasteiger partial charge in [0.2, 0.25) is 5.91 Å². The Labute approximate surface area is 231 Å². The van der Waals surface area contributed by atoms with E-state index in [0.29, 0.717) is 16.3 Å². The van der Waals surface area contributed by atoms with Crippen LogP contribution in [0.5, 0.6) is 0 Å². The maximum atomic E-state index is 14.2. The van der Waals surface area contributed by atoms with E-state index >= 15 is 0 Å². The Morgan fingerprint density at radius 3 is 2.13 bits per heavy atom. The van der Waals surface area contributed by atoms with E-state index in [4.69, 9.17) is 16.3 Å². The zero-order valence-corrected chi connectivity index (χ0v) is 24.4. The summed E-state index contributed by atoms with van der Waals surface area (Å²) in [5, 5.41) is 6.19. The van der Waals surface area contributed by atoms with Crippen LogP contribution in [0.25, 0.3) is 0 Å². The summed E-state index contributed by atoms with van der Waals surface area (Å²) in [6, 6.07) is 9.42. The molecule has 0 aliphatic heterocycles. The van der Waals surface area contributed by atoms with Gasteiger partial charge in [0.05, 0.1) is 10.7 Å². The van der Waals surface area contributed by atoms with E-state index in [9.17, 15) is 14.4 Å². The minimum Gasteiger partial charge on any atom is -0.444 e. The normalized spacial score (nSPS) is 15.0. The maximum absolute atomic E-state index is 14.2. The van der Waals surface area contributed by atoms with Crippen LogP contribution in [0.2, 0.25) is 5.02 Å². The lowest BCUT2D eigenvalue weighted by atomic mass is 9.96. The average Bonchev–Trinajstić information content (AvgIpc) is 3.60. The zero-order valence-electron chi connectivity index (χ0n) is 23.6. The fraction of sp³-hybridized carbons (Fsp3) is 0.500. The molecule has 3 amide bonds. The minimum atomic E-state index is -0.911. The van der Waals surface area contributed by atoms with Gasteiger partial charge in [0, 0.05) is 6.04 Å². The van der Waals surface area contributed by atoms with Gasteiger partial charge < -0.3 is 20.3 Å². The molecule has 0 aromatic heterocycles. The number of halogens is 1. The van der Waals surface area contributed by atoms with Gasteiger partial charge in [0.1, 0.15) is 17.7 Å². The molecule has 2 aromatic rings. The molecule has 2 unspecified atom stereocenters. The van der Waals surface area contributed by atoms with Crippen molar-refractivity contribution in [3.63, 3.8) is 0 Å². The quantitative estimate of drug-likeness (QED) is 0.400. The molecular formula is C30H40ClN3O4. The third-order valence-corrected chi connectivity index (χ3v) is 6.67. The lowest BCUT2D eigenvalue weighted by molar-refractivity contribution is -0.142. The molecular weight excluding hydrogens is 502 g/mol. The van der Waals surface area contributed by atoms with Gasteiger partial charge in [-0.15, -0.1) is 0 Å². The summed E-state index contributed by atoms with van der Waals surface area (Å²) in [6.07, 6.45) is 0.894. The van der Waals surface area contributed by atoms with Crippen LogP contribution >= 0.6 is 11.6 Å². The molecule has 3 rings (SSSR count). The molecule has 1 saturated carbocycles. The number of carbonyl (C=O) groups is 3. The number of hydrogen-bond donors (Lipinski definition) is 2. The number of anilines is 1. The van der Waals surface area contributed by atoms with Crippen molar-refractivity contribution in [2.75, 3.05) is 5.32 Å². The Bertz CT molecular complexity index is 1160. The van der Waals surface area contributed by atoms with Gasteiger partial charge in [-0.2, -0.15) is 0 Å². The van der Waals surface area contributed by atoms with Crippen LogP contribution < -0.4 is 10.6 Å². The average molecular weight is 542 g/mol. The number of benzene rings is 2. The van der Waals surface area contributed by atoms with E-state index in [0.717, 1.165) is 29.5 Å². The summed E-state index contributed by atoms with van der Waals surface area (Å²) in [5.41, 5.74) is 3.32. The summed E-state index contributed by atoms with van der Waals surface area (Å²) in [6.45, 7) is 14.8. The molecule has 0 spiro atoms. The topological polar surface area (TPSA) is 87.7 Å². The minimum absolute atomic E-state index is 0.118. The number of nitrogens with zero attached hydrogens (tertiary/aromatic N) is 1. The molecule has 1 aliphatic rings. The summed E-state index contributed by atoms with van der Waals surface area (Å²) in [5.74, 6) is -0.903. The van der Waals surface area contributed by atoms with Crippen LogP contribution in [0, 0.1) is 26.7 Å². The van der Waals surface area contributed by atoms with Gasteiger partial charge >= 0.3 is 6.09 Å². The summed E-state index contributed by atoms with van der Waals surface area (Å²) < 4.78 is 5.44. The van der Waals surface area contributed by atoms with Crippen LogP contribution in [-0.4, -0.2) is 40.5 Å². The zero-order chi connectivity index (χ0) is 28.4. The summed E-state index contributed by atoms with van der Waals surface area (Å²) in [4.78, 5) is 42.6. The van der Waals surface area contributed by atoms with Gasteiger partial charge in [-0.3, -0.25) is 9.59 Å². The van der Waals surface area contributed by atoms with Crippen molar-refractivity contribution < 1.29 is 19.1 Å². The highest BCUT2D eigenvalue weighted by Crippen LogP contribution is 2.38. The lowest BCUT2D eigenvalue weighted by Gasteiger charge is -2.36. The second-order valence-electron chi connectivity index (χ2n) is 11.6. The molecule has 1 fully saturated rings. The third kappa shape index (κ3) is 7.50. The molecule has 206 valence electrons. The van der Waals surface area contributed by atoms with Crippen molar-refractivity contribution in [3.05, 3.63) is 63.7 Å². The van der Waals surface area contributed by atoms with E-state index < -0.39 is 23.8 Å². The lowest BCUT2D eigenvalue weighted by Crippen LogP contribution is -2.55. The first-order chi connectivity index (χ1) is 17.7. The van der Waals surface area contributed by atoms with Crippen LogP contribution in [0.15, 0.2) is 36.4 Å². The Balaban J connectivity index is 2.05. The first kappa shape index (κ1) is 29.5. The highest BCUT2D eigenvalue weighted by molar-refractivity contribution is 6.34. The van der Waals surface area contributed by atoms with Crippen molar-refractivity contribution in [1.29, 1.82) is 0 Å². The predicted octanol–water partition coefficient (Wildman–Crippen LogP) is 6.49. The Morgan fingerprint density at radius 1 is 1.03 bits per heavy atom. The smallest absolute Gasteiger partial charge is 0.408 e. The predicted molar refractivity (Wildman–Crippen MR) is 151 cm³/mol. The monoisotopic (exact) mass is 541 g/mol. The molecule has 2 aromatic carbocycles. The standard InChI is InChI=1S/C30H40ClN3O4/c1-17(2)24(33-29(37)38-30(6,7)8)28(36)34(22-12-13-22)26(21-15-18(3)14-19(4)16-21)27(35)32-25-20(5)10-9-11-23(25)31/h9-11,14-17,22,24,26H,12-13H2,1-8H3,(H,32,35)(H,33,37). The molecule has 7 nitrogen and oxygen atoms in total. The molecule has 0 saturated heterocycles. The Kier molecular flexibility index (Phi) is 9.13. The summed E-state index contributed by atoms with van der Waals surface area (Å²) >= 11 is 6.44. The second kappa shape index (κ2) is 11.8. The van der Waals surface area contributed by atoms with E-state index in [1.807, 2.05) is 65.0 Å². The van der Waals surface area contributed by atoms with Crippen LogP contribution in [0.3, 0.4) is 0 Å². The van der Waals surface area contributed by atoms with Crippen molar-refractivity contribution in [1.82, 2.24) is 10.2 Å². The fourth-order valence-electron chi connectivity index (χ4n) is 4.57. The van der Waals surface area contributed by atoms with Crippen LogP contribution in [0.4, 0.5) is 10.5 Å². The van der Waals surface area contributed by atoms with Crippen LogP contribution in [-0.2, 0) is 14.3 Å². The number of alkyl carbamates (subject to hydrolysis) is 1. The number of carbonyl (C=O) groups excluding carboxylic acids is 3. The third-order valence-electron chi connectivity index (χ3n) is 6.36. The second-order valence-corrected chi connectivity index (χ2v) is 12.0. The molecule has 2 atom stereocenters. The number of nitrogens with one attached hydrogen (secondary N) is 2. The van der Waals surface area contributed by atoms with Crippen LogP contribution in [0.1, 0.15) is 75.8 Å². The SMILES string of the molecule is Cc1cc(C)cc(C(C(=O)Nc2c(C)cccc2Cl)N(C(=O)C(NC(=O)OC(C)(C)C)C(C)C)C2CC2)c1. The number of para-hydroxylation sites is 1. The fourth-order valence-corrected chi connectivity index (χ4v) is 4.84. The molecule has 38 heavy (non-hydrogen) atoms. The largest absolute Gasteiger partial charge is 0.444 e. The van der Waals surface area contributed by atoms with Gasteiger partial charge in [-0.1, -0.05) is 66.9 Å². The molecule has 1 aliphatic carbocycles. The number of hydrogen-bond acceptors (Lipinski definition) is 4. The first-order valence-corrected chi connectivity index (χ1v) is 13.5. The Morgan fingerprint density at radius 2 is 1.63 bits per heavy atom. The van der Waals surface area contributed by atoms with Gasteiger partial charge in [-0.25, -0.2) is 4.79 Å². The number of amides is 3. The van der Waals surface area contributed by atoms with Crippen molar-refractivity contribution >= 4 is 35.2 Å². The number of aryl methyl sites for hydroxylation is 3. The highest BCUT2D eigenvalue weighted by Gasteiger charge is 2.45. The molecule has 0 heterocycles. The van der Waals surface area contributed by atoms with E-state index in [1.165, 1.54) is 0 Å². The number of ether oxygens (including phenoxy) is 1. The van der Waals surface area contributed by atoms with Crippen molar-refractivity contribution in [3.8, 4) is 0 Å². The van der Waals surface area contributed by atoms with Crippen molar-refractivity contribution in [2.24, 2.45) is 5.92 Å². The van der Waals surface area contributed by atoms with E-state index in [-0.39, 0.29) is 23.8 Å². The molecule has 0 radical (unpaired) electrons. The summed E-state index contributed by atoms with van der Waals surface area (Å²) in [7, 11) is 0. The molecule has 2 N–H and O–H groups in total. The number of rotatable bonds is 8. The van der Waals surface area contributed by atoms with E-state index in [2.05, 4.69) is 10.6 Å². The van der Waals surface area contributed by atoms with Gasteiger partial charge in [0.15, 0.2) is 0 Å². The molecule has 8 heteroatoms. The Hall–Kier alpha value is -3.06. The van der Waals surface area contributed by atoms with E-state index in [1.54, 1.807) is 31.7 Å². The van der Waals surface area contributed by atoms with Gasteiger partial charge in [0.25, 0.3) is 5.91 Å². The van der Waals surface area contributed by atoms with Crippen molar-refractivity contribution in [2.45, 2.75) is 92.0 Å².